The fourth-order valence-electron chi connectivity index (χ4n) is 3.13. The van der Waals surface area contributed by atoms with Gasteiger partial charge in [-0.05, 0) is 38.6 Å². The van der Waals surface area contributed by atoms with Gasteiger partial charge in [0.2, 0.25) is 0 Å². The van der Waals surface area contributed by atoms with E-state index in [0.29, 0.717) is 18.2 Å². The number of halogens is 2. The van der Waals surface area contributed by atoms with Crippen molar-refractivity contribution in [2.24, 2.45) is 5.73 Å². The van der Waals surface area contributed by atoms with Crippen LogP contribution < -0.4 is 11.1 Å². The predicted molar refractivity (Wildman–Crippen MR) is 92.5 cm³/mol. The Kier molecular flexibility index (Phi) is 5.33. The lowest BCUT2D eigenvalue weighted by atomic mass is 10.1. The molecule has 1 aliphatic heterocycles. The van der Waals surface area contributed by atoms with E-state index in [2.05, 4.69) is 20.3 Å². The maximum Gasteiger partial charge on any atom is 0.165 e. The van der Waals surface area contributed by atoms with Gasteiger partial charge in [0, 0.05) is 30.5 Å². The molecule has 1 fully saturated rings. The van der Waals surface area contributed by atoms with Crippen LogP contribution in [0.3, 0.4) is 0 Å². The number of rotatable bonds is 6. The Labute approximate surface area is 145 Å². The summed E-state index contributed by atoms with van der Waals surface area (Å²) in [6.45, 7) is 1.84. The average molecular weight is 353 g/mol. The molecule has 0 saturated carbocycles. The molecule has 0 bridgehead atoms. The van der Waals surface area contributed by atoms with Crippen molar-refractivity contribution in [2.75, 3.05) is 25.5 Å². The lowest BCUT2D eigenvalue weighted by Crippen LogP contribution is -2.34. The first-order valence-electron chi connectivity index (χ1n) is 8.08. The Hall–Kier alpha value is -1.70. The molecule has 2 aromatic heterocycles. The van der Waals surface area contributed by atoms with Gasteiger partial charge in [-0.1, -0.05) is 11.6 Å². The molecule has 8 heteroatoms. The van der Waals surface area contributed by atoms with E-state index in [1.165, 1.54) is 6.07 Å². The number of nitrogens with zero attached hydrogens (tertiary/aromatic N) is 4. The predicted octanol–water partition coefficient (Wildman–Crippen LogP) is 2.28. The monoisotopic (exact) mass is 352 g/mol. The number of nitrogens with one attached hydrogen (secondary N) is 1. The highest BCUT2D eigenvalue weighted by molar-refractivity contribution is 6.30. The van der Waals surface area contributed by atoms with Crippen LogP contribution in [0.1, 0.15) is 24.4 Å². The third-order valence-electron chi connectivity index (χ3n) is 4.43. The van der Waals surface area contributed by atoms with Crippen LogP contribution in [0, 0.1) is 5.82 Å². The molecule has 0 radical (unpaired) electrons. The molecule has 130 valence electrons. The fraction of sp³-hybridized carbons (Fsp3) is 0.500. The highest BCUT2D eigenvalue weighted by Crippen LogP contribution is 2.35. The first-order chi connectivity index (χ1) is 11.6. The first kappa shape index (κ1) is 17.1. The van der Waals surface area contributed by atoms with E-state index in [-0.39, 0.29) is 17.9 Å². The Bertz CT molecular complexity index is 677. The summed E-state index contributed by atoms with van der Waals surface area (Å²) in [6, 6.07) is 3.26. The molecule has 0 aliphatic carbocycles. The van der Waals surface area contributed by atoms with E-state index in [4.69, 9.17) is 17.3 Å². The minimum Gasteiger partial charge on any atom is -0.362 e. The Balaban J connectivity index is 1.77. The molecular weight excluding hydrogens is 331 g/mol. The fourth-order valence-corrected chi connectivity index (χ4v) is 3.39. The molecular formula is C16H22ClFN6. The zero-order valence-electron chi connectivity index (χ0n) is 13.6. The van der Waals surface area contributed by atoms with Gasteiger partial charge in [0.05, 0.1) is 12.6 Å². The van der Waals surface area contributed by atoms with E-state index < -0.39 is 5.82 Å². The summed E-state index contributed by atoms with van der Waals surface area (Å²) < 4.78 is 16.3. The van der Waals surface area contributed by atoms with E-state index in [1.807, 2.05) is 19.3 Å². The normalized spacial score (nSPS) is 19.6. The van der Waals surface area contributed by atoms with Crippen LogP contribution in [-0.4, -0.2) is 45.8 Å². The second-order valence-electron chi connectivity index (χ2n) is 6.14. The molecule has 24 heavy (non-hydrogen) atoms. The summed E-state index contributed by atoms with van der Waals surface area (Å²) in [4.78, 5) is 6.41. The van der Waals surface area contributed by atoms with Crippen LogP contribution in [0.2, 0.25) is 5.15 Å². The smallest absolute Gasteiger partial charge is 0.165 e. The average Bonchev–Trinajstić information content (AvgIpc) is 3.21. The maximum atomic E-state index is 14.5. The van der Waals surface area contributed by atoms with E-state index in [0.717, 1.165) is 24.9 Å². The lowest BCUT2D eigenvalue weighted by molar-refractivity contribution is 0.316. The number of aromatic nitrogens is 3. The van der Waals surface area contributed by atoms with Gasteiger partial charge in [-0.2, -0.15) is 5.10 Å². The van der Waals surface area contributed by atoms with Gasteiger partial charge in [-0.3, -0.25) is 9.58 Å². The zero-order chi connectivity index (χ0) is 17.1. The Morgan fingerprint density at radius 1 is 1.54 bits per heavy atom. The van der Waals surface area contributed by atoms with Crippen LogP contribution in [0.15, 0.2) is 24.5 Å². The van der Waals surface area contributed by atoms with Crippen molar-refractivity contribution >= 4 is 17.4 Å². The number of hydrogen-bond donors (Lipinski definition) is 2. The second-order valence-corrected chi connectivity index (χ2v) is 6.50. The zero-order valence-corrected chi connectivity index (χ0v) is 14.4. The molecule has 1 unspecified atom stereocenters. The van der Waals surface area contributed by atoms with E-state index in [1.54, 1.807) is 10.9 Å². The van der Waals surface area contributed by atoms with Gasteiger partial charge in [0.1, 0.15) is 5.15 Å². The SMILES string of the molecule is CN1CCC[C@H]1c1cc(F)c(NC(CN)Cn2cccn2)nc1Cl. The number of anilines is 1. The second kappa shape index (κ2) is 7.46. The minimum atomic E-state index is -0.409. The number of nitrogens with two attached hydrogens (primary N) is 1. The summed E-state index contributed by atoms with van der Waals surface area (Å²) in [5.74, 6) is -0.277. The van der Waals surface area contributed by atoms with Crippen LogP contribution in [0.4, 0.5) is 10.2 Å². The number of pyridine rings is 1. The van der Waals surface area contributed by atoms with Crippen molar-refractivity contribution < 1.29 is 4.39 Å². The third kappa shape index (κ3) is 3.68. The maximum absolute atomic E-state index is 14.5. The summed E-state index contributed by atoms with van der Waals surface area (Å²) >= 11 is 6.32. The van der Waals surface area contributed by atoms with Crippen molar-refractivity contribution in [1.29, 1.82) is 0 Å². The first-order valence-corrected chi connectivity index (χ1v) is 8.46. The van der Waals surface area contributed by atoms with Gasteiger partial charge in [-0.25, -0.2) is 9.37 Å². The van der Waals surface area contributed by atoms with Gasteiger partial charge in [0.25, 0.3) is 0 Å². The highest BCUT2D eigenvalue weighted by atomic mass is 35.5. The van der Waals surface area contributed by atoms with Gasteiger partial charge >= 0.3 is 0 Å². The van der Waals surface area contributed by atoms with E-state index in [9.17, 15) is 4.39 Å². The summed E-state index contributed by atoms with van der Waals surface area (Å²) in [5.41, 5.74) is 6.53. The molecule has 0 spiro atoms. The van der Waals surface area contributed by atoms with Crippen LogP contribution >= 0.6 is 11.6 Å². The summed E-state index contributed by atoms with van der Waals surface area (Å²) in [7, 11) is 2.02. The Morgan fingerprint density at radius 3 is 3.00 bits per heavy atom. The van der Waals surface area contributed by atoms with Crippen LogP contribution in [0.25, 0.3) is 0 Å². The molecule has 2 aromatic rings. The van der Waals surface area contributed by atoms with Crippen molar-refractivity contribution in [1.82, 2.24) is 19.7 Å². The number of likely N-dealkylation sites (tertiary alicyclic amines) is 1. The van der Waals surface area contributed by atoms with Crippen LogP contribution in [-0.2, 0) is 6.54 Å². The van der Waals surface area contributed by atoms with Crippen molar-refractivity contribution in [2.45, 2.75) is 31.5 Å². The van der Waals surface area contributed by atoms with Crippen molar-refractivity contribution in [3.8, 4) is 0 Å². The number of hydrogen-bond acceptors (Lipinski definition) is 5. The molecule has 1 saturated heterocycles. The van der Waals surface area contributed by atoms with Gasteiger partial charge in [-0.15, -0.1) is 0 Å². The molecule has 3 rings (SSSR count). The van der Waals surface area contributed by atoms with Crippen molar-refractivity contribution in [3.63, 3.8) is 0 Å². The molecule has 6 nitrogen and oxygen atoms in total. The summed E-state index contributed by atoms with van der Waals surface area (Å²) in [5, 5.41) is 7.51. The summed E-state index contributed by atoms with van der Waals surface area (Å²) in [6.07, 6.45) is 5.57. The standard InChI is InChI=1S/C16H22ClFN6/c1-23-6-2-4-14(23)12-8-13(18)16(22-15(12)17)21-11(9-19)10-24-7-3-5-20-24/h3,5,7-8,11,14H,2,4,6,9-10,19H2,1H3,(H,21,22)/t11?,14-/m0/s1. The molecule has 0 amide bonds. The molecule has 1 aliphatic rings. The van der Waals surface area contributed by atoms with E-state index >= 15 is 0 Å². The molecule has 2 atom stereocenters. The highest BCUT2D eigenvalue weighted by Gasteiger charge is 2.26. The topological polar surface area (TPSA) is 72.0 Å². The van der Waals surface area contributed by atoms with Gasteiger partial charge < -0.3 is 11.1 Å². The van der Waals surface area contributed by atoms with Crippen molar-refractivity contribution in [3.05, 3.63) is 41.1 Å². The third-order valence-corrected chi connectivity index (χ3v) is 4.73. The van der Waals surface area contributed by atoms with Crippen LogP contribution in [0.5, 0.6) is 0 Å². The molecule has 3 heterocycles. The minimum absolute atomic E-state index is 0.128. The van der Waals surface area contributed by atoms with Gasteiger partial charge in [0.15, 0.2) is 11.6 Å². The molecule has 0 aromatic carbocycles. The Morgan fingerprint density at radius 2 is 2.38 bits per heavy atom. The molecule has 3 N–H and O–H groups in total. The largest absolute Gasteiger partial charge is 0.362 e. The lowest BCUT2D eigenvalue weighted by Gasteiger charge is -2.22. The quantitative estimate of drug-likeness (QED) is 0.780.